The molecule has 2 unspecified atom stereocenters. The molecule has 112 valence electrons. The van der Waals surface area contributed by atoms with Gasteiger partial charge >= 0.3 is 5.97 Å². The minimum atomic E-state index is -2.75. The summed E-state index contributed by atoms with van der Waals surface area (Å²) in [4.78, 5) is 16.1. The Bertz CT molecular complexity index is 516. The van der Waals surface area contributed by atoms with E-state index in [1.165, 1.54) is 0 Å². The maximum absolute atomic E-state index is 13.1. The Kier molecular flexibility index (Phi) is 4.11. The molecular formula is C13H17F2NO3S. The molecule has 0 aromatic carbocycles. The number of ether oxygens (including phenoxy) is 1. The fourth-order valence-corrected chi connectivity index (χ4v) is 3.00. The third kappa shape index (κ3) is 2.83. The molecule has 2 atom stereocenters. The van der Waals surface area contributed by atoms with Crippen LogP contribution in [-0.4, -0.2) is 28.6 Å². The van der Waals surface area contributed by atoms with Crippen molar-refractivity contribution in [3.05, 3.63) is 15.6 Å². The lowest BCUT2D eigenvalue weighted by molar-refractivity contribution is 0.0519. The second-order valence-corrected chi connectivity index (χ2v) is 6.22. The first-order valence-corrected chi connectivity index (χ1v) is 7.33. The first kappa shape index (κ1) is 15.3. The summed E-state index contributed by atoms with van der Waals surface area (Å²) in [6.45, 7) is 5.38. The van der Waals surface area contributed by atoms with E-state index in [1.54, 1.807) is 20.8 Å². The van der Waals surface area contributed by atoms with E-state index in [1.807, 2.05) is 0 Å². The van der Waals surface area contributed by atoms with Crippen LogP contribution < -0.4 is 0 Å². The van der Waals surface area contributed by atoms with E-state index in [9.17, 15) is 18.7 Å². The molecule has 1 fully saturated rings. The van der Waals surface area contributed by atoms with Crippen LogP contribution in [0.5, 0.6) is 0 Å². The lowest BCUT2D eigenvalue weighted by Crippen LogP contribution is -2.12. The maximum Gasteiger partial charge on any atom is 0.350 e. The SMILES string of the molecule is CCOC(=O)c1sc(C2CC2(F)F)nc1C(O)C(C)C. The van der Waals surface area contributed by atoms with Gasteiger partial charge in [-0.05, 0) is 12.8 Å². The van der Waals surface area contributed by atoms with E-state index >= 15 is 0 Å². The van der Waals surface area contributed by atoms with Crippen LogP contribution in [0.2, 0.25) is 0 Å². The highest BCUT2D eigenvalue weighted by Crippen LogP contribution is 2.57. The van der Waals surface area contributed by atoms with Gasteiger partial charge in [-0.2, -0.15) is 0 Å². The Morgan fingerprint density at radius 1 is 1.60 bits per heavy atom. The van der Waals surface area contributed by atoms with Crippen molar-refractivity contribution < 1.29 is 23.4 Å². The number of aliphatic hydroxyl groups is 1. The molecule has 1 aromatic rings. The Morgan fingerprint density at radius 2 is 2.20 bits per heavy atom. The molecule has 20 heavy (non-hydrogen) atoms. The van der Waals surface area contributed by atoms with Crippen LogP contribution in [-0.2, 0) is 4.74 Å². The smallest absolute Gasteiger partial charge is 0.350 e. The van der Waals surface area contributed by atoms with E-state index in [0.717, 1.165) is 11.3 Å². The van der Waals surface area contributed by atoms with Crippen molar-refractivity contribution in [3.63, 3.8) is 0 Å². The van der Waals surface area contributed by atoms with Crippen molar-refractivity contribution in [1.29, 1.82) is 0 Å². The highest BCUT2D eigenvalue weighted by molar-refractivity contribution is 7.13. The Labute approximate surface area is 119 Å². The summed E-state index contributed by atoms with van der Waals surface area (Å²) in [6, 6.07) is 0. The number of aromatic nitrogens is 1. The molecule has 7 heteroatoms. The van der Waals surface area contributed by atoms with E-state index in [2.05, 4.69) is 4.98 Å². The number of nitrogens with zero attached hydrogens (tertiary/aromatic N) is 1. The molecular weight excluding hydrogens is 288 g/mol. The average molecular weight is 305 g/mol. The van der Waals surface area contributed by atoms with Crippen LogP contribution in [0.4, 0.5) is 8.78 Å². The van der Waals surface area contributed by atoms with Crippen molar-refractivity contribution in [3.8, 4) is 0 Å². The van der Waals surface area contributed by atoms with Gasteiger partial charge in [0, 0.05) is 6.42 Å². The first-order chi connectivity index (χ1) is 9.27. The van der Waals surface area contributed by atoms with E-state index in [4.69, 9.17) is 4.74 Å². The lowest BCUT2D eigenvalue weighted by Gasteiger charge is -2.13. The molecule has 2 rings (SSSR count). The molecule has 0 saturated heterocycles. The highest BCUT2D eigenvalue weighted by atomic mass is 32.1. The minimum Gasteiger partial charge on any atom is -0.462 e. The predicted octanol–water partition coefficient (Wildman–Crippen LogP) is 3.13. The Morgan fingerprint density at radius 3 is 2.65 bits per heavy atom. The quantitative estimate of drug-likeness (QED) is 0.849. The van der Waals surface area contributed by atoms with Crippen molar-refractivity contribution >= 4 is 17.3 Å². The van der Waals surface area contributed by atoms with Crippen LogP contribution in [0.3, 0.4) is 0 Å². The molecule has 1 saturated carbocycles. The molecule has 1 aliphatic carbocycles. The van der Waals surface area contributed by atoms with Gasteiger partial charge in [-0.3, -0.25) is 0 Å². The topological polar surface area (TPSA) is 59.4 Å². The summed E-state index contributed by atoms with van der Waals surface area (Å²) in [7, 11) is 0. The first-order valence-electron chi connectivity index (χ1n) is 6.51. The van der Waals surface area contributed by atoms with Crippen LogP contribution in [0, 0.1) is 5.92 Å². The fourth-order valence-electron chi connectivity index (χ4n) is 1.84. The average Bonchev–Trinajstić information content (AvgIpc) is 2.83. The Hall–Kier alpha value is -1.08. The monoisotopic (exact) mass is 305 g/mol. The number of thiazole rings is 1. The van der Waals surface area contributed by atoms with Crippen molar-refractivity contribution in [2.45, 2.75) is 45.1 Å². The van der Waals surface area contributed by atoms with Gasteiger partial charge in [0.1, 0.15) is 9.88 Å². The largest absolute Gasteiger partial charge is 0.462 e. The number of rotatable bonds is 5. The van der Waals surface area contributed by atoms with E-state index in [-0.39, 0.29) is 34.5 Å². The normalized spacial score (nSPS) is 21.9. The number of halogens is 2. The lowest BCUT2D eigenvalue weighted by atomic mass is 10.0. The van der Waals surface area contributed by atoms with E-state index in [0.29, 0.717) is 0 Å². The zero-order valence-corrected chi connectivity index (χ0v) is 12.3. The van der Waals surface area contributed by atoms with Crippen molar-refractivity contribution in [2.24, 2.45) is 5.92 Å². The maximum atomic E-state index is 13.1. The molecule has 4 nitrogen and oxygen atoms in total. The highest BCUT2D eigenvalue weighted by Gasteiger charge is 2.59. The molecule has 0 amide bonds. The molecule has 1 heterocycles. The number of carbonyl (C=O) groups excluding carboxylic acids is 1. The number of hydrogen-bond donors (Lipinski definition) is 1. The Balaban J connectivity index is 2.35. The van der Waals surface area contributed by atoms with Crippen LogP contribution >= 0.6 is 11.3 Å². The summed E-state index contributed by atoms with van der Waals surface area (Å²) in [6.07, 6.45) is -1.22. The standard InChI is InChI=1S/C13H17F2NO3S/c1-4-19-12(18)10-8(9(17)6(2)3)16-11(20-10)7-5-13(7,14)15/h6-7,9,17H,4-5H2,1-3H3. The summed E-state index contributed by atoms with van der Waals surface area (Å²) in [5, 5.41) is 10.3. The number of aliphatic hydroxyl groups excluding tert-OH is 1. The van der Waals surface area contributed by atoms with Crippen LogP contribution in [0.25, 0.3) is 0 Å². The number of esters is 1. The van der Waals surface area contributed by atoms with Crippen LogP contribution in [0.1, 0.15) is 59.6 Å². The summed E-state index contributed by atoms with van der Waals surface area (Å²) in [5.74, 6) is -4.47. The molecule has 1 N–H and O–H groups in total. The molecule has 0 bridgehead atoms. The van der Waals surface area contributed by atoms with Crippen LogP contribution in [0.15, 0.2) is 0 Å². The van der Waals surface area contributed by atoms with Gasteiger partial charge < -0.3 is 9.84 Å². The van der Waals surface area contributed by atoms with Gasteiger partial charge in [-0.15, -0.1) is 11.3 Å². The summed E-state index contributed by atoms with van der Waals surface area (Å²) in [5.41, 5.74) is 0.154. The van der Waals surface area contributed by atoms with E-state index < -0.39 is 23.9 Å². The van der Waals surface area contributed by atoms with Gasteiger partial charge in [-0.1, -0.05) is 13.8 Å². The summed E-state index contributed by atoms with van der Waals surface area (Å²) < 4.78 is 31.1. The number of carbonyl (C=O) groups is 1. The van der Waals surface area contributed by atoms with Gasteiger partial charge in [-0.25, -0.2) is 18.6 Å². The zero-order valence-electron chi connectivity index (χ0n) is 11.5. The number of alkyl halides is 2. The molecule has 0 spiro atoms. The zero-order chi connectivity index (χ0) is 15.1. The second-order valence-electron chi connectivity index (χ2n) is 5.19. The number of hydrogen-bond acceptors (Lipinski definition) is 5. The van der Waals surface area contributed by atoms with Gasteiger partial charge in [0.25, 0.3) is 5.92 Å². The molecule has 0 aliphatic heterocycles. The third-order valence-electron chi connectivity index (χ3n) is 3.17. The molecule has 1 aliphatic rings. The predicted molar refractivity (Wildman–Crippen MR) is 70.2 cm³/mol. The van der Waals surface area contributed by atoms with Crippen molar-refractivity contribution in [2.75, 3.05) is 6.61 Å². The minimum absolute atomic E-state index is 0.130. The van der Waals surface area contributed by atoms with Gasteiger partial charge in [0.15, 0.2) is 0 Å². The molecule has 1 aromatic heterocycles. The fraction of sp³-hybridized carbons (Fsp3) is 0.692. The third-order valence-corrected chi connectivity index (χ3v) is 4.33. The second kappa shape index (κ2) is 5.37. The van der Waals surface area contributed by atoms with Crippen molar-refractivity contribution in [1.82, 2.24) is 4.98 Å². The van der Waals surface area contributed by atoms with Gasteiger partial charge in [0.05, 0.1) is 24.3 Å². The molecule has 0 radical (unpaired) electrons. The van der Waals surface area contributed by atoms with Gasteiger partial charge in [0.2, 0.25) is 0 Å². The summed E-state index contributed by atoms with van der Waals surface area (Å²) >= 11 is 0.901.